The van der Waals surface area contributed by atoms with E-state index in [-0.39, 0.29) is 23.8 Å². The Morgan fingerprint density at radius 2 is 1.84 bits per heavy atom. The molecule has 0 radical (unpaired) electrons. The Morgan fingerprint density at radius 1 is 1.19 bits per heavy atom. The van der Waals surface area contributed by atoms with E-state index in [1.807, 2.05) is 40.7 Å². The molecular weight excluding hydrogens is 410 g/mol. The Hall–Kier alpha value is -2.48. The molecule has 1 aliphatic heterocycles. The topological polar surface area (TPSA) is 83.0 Å². The third kappa shape index (κ3) is 5.81. The molecule has 168 valence electrons. The highest BCUT2D eigenvalue weighted by Gasteiger charge is 2.27. The summed E-state index contributed by atoms with van der Waals surface area (Å²) in [5.41, 5.74) is 2.14. The van der Waals surface area contributed by atoms with Crippen molar-refractivity contribution < 1.29 is 9.59 Å². The summed E-state index contributed by atoms with van der Waals surface area (Å²) in [6, 6.07) is 8.20. The number of aryl methyl sites for hydroxylation is 1. The molecule has 0 spiro atoms. The minimum absolute atomic E-state index is 0.00252. The van der Waals surface area contributed by atoms with Crippen LogP contribution in [0.15, 0.2) is 24.3 Å². The summed E-state index contributed by atoms with van der Waals surface area (Å²) in [7, 11) is 0. The number of hydrogen-bond donors (Lipinski definition) is 2. The Balaban J connectivity index is 1.51. The van der Waals surface area contributed by atoms with E-state index in [0.29, 0.717) is 30.8 Å². The Bertz CT molecular complexity index is 938. The van der Waals surface area contributed by atoms with Crippen LogP contribution >= 0.6 is 12.2 Å². The van der Waals surface area contributed by atoms with Crippen molar-refractivity contribution in [2.45, 2.75) is 65.5 Å². The van der Waals surface area contributed by atoms with Gasteiger partial charge in [-0.05, 0) is 44.8 Å². The van der Waals surface area contributed by atoms with Gasteiger partial charge in [-0.2, -0.15) is 5.10 Å². The highest BCUT2D eigenvalue weighted by Crippen LogP contribution is 2.19. The fourth-order valence-corrected chi connectivity index (χ4v) is 4.33. The van der Waals surface area contributed by atoms with E-state index in [0.717, 1.165) is 37.1 Å². The second kappa shape index (κ2) is 10.7. The van der Waals surface area contributed by atoms with Gasteiger partial charge in [0.1, 0.15) is 0 Å². The van der Waals surface area contributed by atoms with Gasteiger partial charge >= 0.3 is 0 Å². The Kier molecular flexibility index (Phi) is 8.01. The van der Waals surface area contributed by atoms with Gasteiger partial charge in [-0.3, -0.25) is 19.3 Å². The second-order valence-corrected chi connectivity index (χ2v) is 8.69. The van der Waals surface area contributed by atoms with E-state index < -0.39 is 0 Å². The van der Waals surface area contributed by atoms with E-state index in [1.165, 1.54) is 5.56 Å². The lowest BCUT2D eigenvalue weighted by atomic mass is 9.98. The molecule has 2 heterocycles. The van der Waals surface area contributed by atoms with Crippen molar-refractivity contribution in [3.8, 4) is 11.4 Å². The summed E-state index contributed by atoms with van der Waals surface area (Å²) in [6.07, 6.45) is 3.70. The lowest BCUT2D eigenvalue weighted by Crippen LogP contribution is -2.48. The zero-order valence-electron chi connectivity index (χ0n) is 18.7. The number of benzene rings is 1. The minimum atomic E-state index is 0.00252. The molecule has 0 bridgehead atoms. The normalized spacial score (nSPS) is 14.8. The van der Waals surface area contributed by atoms with Crippen LogP contribution in [-0.2, 0) is 16.1 Å². The number of carbonyl (C=O) groups is 2. The number of aromatic nitrogens is 3. The van der Waals surface area contributed by atoms with E-state index >= 15 is 0 Å². The Labute approximate surface area is 189 Å². The Morgan fingerprint density at radius 3 is 2.45 bits per heavy atom. The number of hydrogen-bond acceptors (Lipinski definition) is 4. The van der Waals surface area contributed by atoms with Crippen LogP contribution in [0, 0.1) is 17.6 Å². The molecule has 3 rings (SSSR count). The predicted octanol–water partition coefficient (Wildman–Crippen LogP) is 3.85. The lowest BCUT2D eigenvalue weighted by Gasteiger charge is -2.34. The highest BCUT2D eigenvalue weighted by molar-refractivity contribution is 7.71. The molecule has 1 aliphatic rings. The van der Waals surface area contributed by atoms with E-state index in [9.17, 15) is 9.59 Å². The van der Waals surface area contributed by atoms with Crippen molar-refractivity contribution in [1.29, 1.82) is 0 Å². The first-order valence-corrected chi connectivity index (χ1v) is 11.6. The molecule has 1 aromatic heterocycles. The van der Waals surface area contributed by atoms with Crippen LogP contribution < -0.4 is 5.32 Å². The predicted molar refractivity (Wildman–Crippen MR) is 124 cm³/mol. The summed E-state index contributed by atoms with van der Waals surface area (Å²) in [6.45, 7) is 8.06. The SMILES string of the molecule is CCC(CC)C(=O)N1CCC(NC(=O)CCn2c(-c3ccc(C)cc3)n[nH]c2=S)CC1. The number of aromatic amines is 1. The third-order valence-corrected chi connectivity index (χ3v) is 6.45. The maximum Gasteiger partial charge on any atom is 0.225 e. The number of carbonyl (C=O) groups excluding carboxylic acids is 2. The van der Waals surface area contributed by atoms with Crippen LogP contribution in [0.5, 0.6) is 0 Å². The molecule has 8 heteroatoms. The quantitative estimate of drug-likeness (QED) is 0.607. The number of piperidine rings is 1. The van der Waals surface area contributed by atoms with Crippen molar-refractivity contribution in [2.24, 2.45) is 5.92 Å². The van der Waals surface area contributed by atoms with Crippen molar-refractivity contribution in [1.82, 2.24) is 25.0 Å². The fraction of sp³-hybridized carbons (Fsp3) is 0.565. The average Bonchev–Trinajstić information content (AvgIpc) is 3.14. The van der Waals surface area contributed by atoms with Crippen LogP contribution in [0.25, 0.3) is 11.4 Å². The molecule has 0 atom stereocenters. The van der Waals surface area contributed by atoms with E-state index in [2.05, 4.69) is 29.4 Å². The number of nitrogens with one attached hydrogen (secondary N) is 2. The second-order valence-electron chi connectivity index (χ2n) is 8.30. The molecule has 1 saturated heterocycles. The first-order chi connectivity index (χ1) is 14.9. The number of likely N-dealkylation sites (tertiary alicyclic amines) is 1. The van der Waals surface area contributed by atoms with Crippen molar-refractivity contribution in [2.75, 3.05) is 13.1 Å². The first kappa shape index (κ1) is 23.2. The standard InChI is InChI=1S/C23H33N5O2S/c1-4-17(5-2)22(30)27-13-10-19(11-14-27)24-20(29)12-15-28-21(25-26-23(28)31)18-8-6-16(3)7-9-18/h6-9,17,19H,4-5,10-15H2,1-3H3,(H,24,29)(H,26,31). The van der Waals surface area contributed by atoms with Crippen molar-refractivity contribution in [3.05, 3.63) is 34.6 Å². The van der Waals surface area contributed by atoms with E-state index in [4.69, 9.17) is 12.2 Å². The van der Waals surface area contributed by atoms with Gasteiger partial charge in [-0.15, -0.1) is 0 Å². The first-order valence-electron chi connectivity index (χ1n) is 11.2. The molecule has 1 aromatic carbocycles. The van der Waals surface area contributed by atoms with Gasteiger partial charge in [0.05, 0.1) is 0 Å². The molecule has 31 heavy (non-hydrogen) atoms. The highest BCUT2D eigenvalue weighted by atomic mass is 32.1. The van der Waals surface area contributed by atoms with E-state index in [1.54, 1.807) is 0 Å². The fourth-order valence-electron chi connectivity index (χ4n) is 4.10. The zero-order chi connectivity index (χ0) is 22.4. The van der Waals surface area contributed by atoms with Crippen molar-refractivity contribution >= 4 is 24.0 Å². The average molecular weight is 444 g/mol. The smallest absolute Gasteiger partial charge is 0.225 e. The molecule has 2 amide bonds. The van der Waals surface area contributed by atoms with Gasteiger partial charge in [0, 0.05) is 43.6 Å². The summed E-state index contributed by atoms with van der Waals surface area (Å²) in [5, 5.41) is 10.3. The van der Waals surface area contributed by atoms with Crippen LogP contribution in [0.3, 0.4) is 0 Å². The summed E-state index contributed by atoms with van der Waals surface area (Å²) in [4.78, 5) is 27.1. The van der Waals surface area contributed by atoms with Crippen LogP contribution in [-0.4, -0.2) is 50.6 Å². The maximum absolute atomic E-state index is 12.6. The minimum Gasteiger partial charge on any atom is -0.353 e. The van der Waals surface area contributed by atoms with Crippen LogP contribution in [0.2, 0.25) is 0 Å². The van der Waals surface area contributed by atoms with Gasteiger partial charge in [-0.1, -0.05) is 43.7 Å². The number of H-pyrrole nitrogens is 1. The molecule has 0 unspecified atom stereocenters. The van der Waals surface area contributed by atoms with Crippen molar-refractivity contribution in [3.63, 3.8) is 0 Å². The third-order valence-electron chi connectivity index (χ3n) is 6.14. The van der Waals surface area contributed by atoms with Crippen LogP contribution in [0.4, 0.5) is 0 Å². The number of rotatable bonds is 8. The number of amides is 2. The molecule has 0 aliphatic carbocycles. The summed E-state index contributed by atoms with van der Waals surface area (Å²) >= 11 is 5.37. The maximum atomic E-state index is 12.6. The zero-order valence-corrected chi connectivity index (χ0v) is 19.5. The van der Waals surface area contributed by atoms with Gasteiger partial charge in [0.2, 0.25) is 11.8 Å². The molecule has 1 fully saturated rings. The lowest BCUT2D eigenvalue weighted by molar-refractivity contribution is -0.137. The largest absolute Gasteiger partial charge is 0.353 e. The monoisotopic (exact) mass is 443 g/mol. The molecule has 2 aromatic rings. The van der Waals surface area contributed by atoms with Gasteiger partial charge in [0.15, 0.2) is 10.6 Å². The number of nitrogens with zero attached hydrogens (tertiary/aromatic N) is 3. The molecule has 2 N–H and O–H groups in total. The van der Waals surface area contributed by atoms with Gasteiger partial charge < -0.3 is 10.2 Å². The molecule has 0 saturated carbocycles. The van der Waals surface area contributed by atoms with Gasteiger partial charge in [0.25, 0.3) is 0 Å². The van der Waals surface area contributed by atoms with Gasteiger partial charge in [-0.25, -0.2) is 0 Å². The summed E-state index contributed by atoms with van der Waals surface area (Å²) < 4.78 is 2.38. The molecule has 7 nitrogen and oxygen atoms in total. The molecular formula is C23H33N5O2S. The summed E-state index contributed by atoms with van der Waals surface area (Å²) in [5.74, 6) is 1.12. The van der Waals surface area contributed by atoms with Crippen LogP contribution in [0.1, 0.15) is 51.5 Å².